The van der Waals surface area contributed by atoms with Gasteiger partial charge >= 0.3 is 6.18 Å². The number of nitrogens with zero attached hydrogens (tertiary/aromatic N) is 1. The lowest BCUT2D eigenvalue weighted by Gasteiger charge is -2.16. The second-order valence-corrected chi connectivity index (χ2v) is 7.76. The van der Waals surface area contributed by atoms with Gasteiger partial charge in [-0.15, -0.1) is 6.58 Å². The van der Waals surface area contributed by atoms with E-state index in [9.17, 15) is 18.0 Å². The number of hydrazone groups is 1. The van der Waals surface area contributed by atoms with Crippen LogP contribution < -0.4 is 14.9 Å². The number of carbonyl (C=O) groups excluding carboxylic acids is 1. The Morgan fingerprint density at radius 2 is 1.86 bits per heavy atom. The van der Waals surface area contributed by atoms with Gasteiger partial charge in [-0.05, 0) is 54.8 Å². The summed E-state index contributed by atoms with van der Waals surface area (Å²) in [5.41, 5.74) is 4.76. The Labute approximate surface area is 201 Å². The van der Waals surface area contributed by atoms with Crippen LogP contribution in [-0.2, 0) is 19.2 Å². The molecule has 182 valence electrons. The van der Waals surface area contributed by atoms with Crippen molar-refractivity contribution in [1.29, 1.82) is 0 Å². The molecule has 8 heteroatoms. The van der Waals surface area contributed by atoms with Gasteiger partial charge < -0.3 is 9.47 Å². The predicted molar refractivity (Wildman–Crippen MR) is 129 cm³/mol. The van der Waals surface area contributed by atoms with Crippen LogP contribution in [0.1, 0.15) is 38.2 Å². The molecule has 0 aliphatic heterocycles. The Morgan fingerprint density at radius 3 is 2.51 bits per heavy atom. The van der Waals surface area contributed by atoms with Crippen molar-refractivity contribution in [2.24, 2.45) is 5.10 Å². The number of halogens is 3. The van der Waals surface area contributed by atoms with E-state index in [1.807, 2.05) is 37.3 Å². The maximum atomic E-state index is 12.9. The molecule has 0 saturated heterocycles. The molecule has 3 rings (SSSR count). The fourth-order valence-corrected chi connectivity index (χ4v) is 3.29. The van der Waals surface area contributed by atoms with Crippen molar-refractivity contribution in [3.8, 4) is 11.5 Å². The first-order valence-corrected chi connectivity index (χ1v) is 10.7. The van der Waals surface area contributed by atoms with Crippen LogP contribution in [0, 0.1) is 6.92 Å². The Morgan fingerprint density at radius 1 is 1.11 bits per heavy atom. The molecule has 3 aromatic carbocycles. The van der Waals surface area contributed by atoms with Gasteiger partial charge in [-0.3, -0.25) is 4.79 Å². The third-order valence-corrected chi connectivity index (χ3v) is 5.07. The SMILES string of the molecule is C=CCc1cc(/C=N\NC(=O)c2cccc(C(F)(F)F)c2)cc(OC)c1OCc1ccc(C)cc1. The van der Waals surface area contributed by atoms with E-state index in [1.54, 1.807) is 12.1 Å². The maximum Gasteiger partial charge on any atom is 0.416 e. The summed E-state index contributed by atoms with van der Waals surface area (Å²) >= 11 is 0. The Kier molecular flexibility index (Phi) is 8.30. The molecule has 1 N–H and O–H groups in total. The molecule has 0 aliphatic carbocycles. The maximum absolute atomic E-state index is 12.9. The number of carbonyl (C=O) groups is 1. The van der Waals surface area contributed by atoms with Crippen LogP contribution in [0.4, 0.5) is 13.2 Å². The van der Waals surface area contributed by atoms with Crippen LogP contribution in [0.5, 0.6) is 11.5 Å². The minimum Gasteiger partial charge on any atom is -0.493 e. The largest absolute Gasteiger partial charge is 0.493 e. The van der Waals surface area contributed by atoms with E-state index in [1.165, 1.54) is 25.5 Å². The summed E-state index contributed by atoms with van der Waals surface area (Å²) in [7, 11) is 1.52. The smallest absolute Gasteiger partial charge is 0.416 e. The van der Waals surface area contributed by atoms with Crippen LogP contribution in [-0.4, -0.2) is 19.2 Å². The summed E-state index contributed by atoms with van der Waals surface area (Å²) in [6, 6.07) is 15.6. The van der Waals surface area contributed by atoms with Gasteiger partial charge in [0.1, 0.15) is 6.61 Å². The van der Waals surface area contributed by atoms with Crippen molar-refractivity contribution in [2.75, 3.05) is 7.11 Å². The minimum absolute atomic E-state index is 0.151. The molecular formula is C27H25F3N2O3. The molecule has 0 aromatic heterocycles. The minimum atomic E-state index is -4.54. The molecule has 0 saturated carbocycles. The fourth-order valence-electron chi connectivity index (χ4n) is 3.29. The van der Waals surface area contributed by atoms with Gasteiger partial charge in [0.2, 0.25) is 0 Å². The van der Waals surface area contributed by atoms with Gasteiger partial charge in [0.15, 0.2) is 11.5 Å². The van der Waals surface area contributed by atoms with Crippen molar-refractivity contribution in [3.05, 3.63) is 107 Å². The first-order chi connectivity index (χ1) is 16.7. The number of nitrogens with one attached hydrogen (secondary N) is 1. The van der Waals surface area contributed by atoms with E-state index in [0.29, 0.717) is 30.1 Å². The summed E-state index contributed by atoms with van der Waals surface area (Å²) in [4.78, 5) is 12.3. The molecule has 0 atom stereocenters. The normalized spacial score (nSPS) is 11.3. The number of benzene rings is 3. The number of aryl methyl sites for hydroxylation is 1. The second kappa shape index (κ2) is 11.4. The highest BCUT2D eigenvalue weighted by molar-refractivity contribution is 5.95. The number of allylic oxidation sites excluding steroid dienone is 1. The molecule has 5 nitrogen and oxygen atoms in total. The van der Waals surface area contributed by atoms with Crippen molar-refractivity contribution in [2.45, 2.75) is 26.1 Å². The Balaban J connectivity index is 1.76. The van der Waals surface area contributed by atoms with Crippen molar-refractivity contribution in [1.82, 2.24) is 5.43 Å². The lowest BCUT2D eigenvalue weighted by atomic mass is 10.1. The van der Waals surface area contributed by atoms with E-state index in [-0.39, 0.29) is 5.56 Å². The average Bonchev–Trinajstić information content (AvgIpc) is 2.83. The number of alkyl halides is 3. The average molecular weight is 483 g/mol. The first-order valence-electron chi connectivity index (χ1n) is 10.7. The number of rotatable bonds is 9. The third-order valence-electron chi connectivity index (χ3n) is 5.07. The highest BCUT2D eigenvalue weighted by Gasteiger charge is 2.30. The highest BCUT2D eigenvalue weighted by atomic mass is 19.4. The zero-order valence-electron chi connectivity index (χ0n) is 19.4. The topological polar surface area (TPSA) is 59.9 Å². The number of hydrogen-bond donors (Lipinski definition) is 1. The molecule has 0 unspecified atom stereocenters. The van der Waals surface area contributed by atoms with Crippen molar-refractivity contribution >= 4 is 12.1 Å². The predicted octanol–water partition coefficient (Wildman–Crippen LogP) is 6.09. The van der Waals surface area contributed by atoms with Gasteiger partial charge in [0.25, 0.3) is 5.91 Å². The third kappa shape index (κ3) is 6.96. The van der Waals surface area contributed by atoms with Crippen molar-refractivity contribution in [3.63, 3.8) is 0 Å². The zero-order chi connectivity index (χ0) is 25.4. The second-order valence-electron chi connectivity index (χ2n) is 7.76. The van der Waals surface area contributed by atoms with Crippen LogP contribution in [0.25, 0.3) is 0 Å². The van der Waals surface area contributed by atoms with Crippen molar-refractivity contribution < 1.29 is 27.4 Å². The highest BCUT2D eigenvalue weighted by Crippen LogP contribution is 2.34. The lowest BCUT2D eigenvalue weighted by molar-refractivity contribution is -0.137. The number of ether oxygens (including phenoxy) is 2. The quantitative estimate of drug-likeness (QED) is 0.228. The van der Waals surface area contributed by atoms with Gasteiger partial charge in [0, 0.05) is 11.1 Å². The summed E-state index contributed by atoms with van der Waals surface area (Å²) in [5, 5.41) is 3.89. The van der Waals surface area contributed by atoms with E-state index < -0.39 is 17.6 Å². The molecule has 0 bridgehead atoms. The molecule has 0 heterocycles. The molecule has 0 radical (unpaired) electrons. The molecule has 1 amide bonds. The van der Waals surface area contributed by atoms with Crippen LogP contribution in [0.15, 0.2) is 78.4 Å². The van der Waals surface area contributed by atoms with Gasteiger partial charge in [-0.1, -0.05) is 42.0 Å². The first kappa shape index (κ1) is 25.6. The van der Waals surface area contributed by atoms with Gasteiger partial charge in [-0.25, -0.2) is 5.43 Å². The monoisotopic (exact) mass is 482 g/mol. The zero-order valence-corrected chi connectivity index (χ0v) is 19.4. The molecule has 0 aliphatic rings. The molecule has 0 spiro atoms. The Bertz CT molecular complexity index is 1220. The van der Waals surface area contributed by atoms with E-state index in [4.69, 9.17) is 9.47 Å². The Hall–Kier alpha value is -4.07. The number of methoxy groups -OCH3 is 1. The number of hydrogen-bond acceptors (Lipinski definition) is 4. The summed E-state index contributed by atoms with van der Waals surface area (Å²) in [6.07, 6.45) is -0.937. The molecule has 0 fully saturated rings. The van der Waals surface area contributed by atoms with Crippen LogP contribution in [0.3, 0.4) is 0 Å². The van der Waals surface area contributed by atoms with Crippen LogP contribution >= 0.6 is 0 Å². The summed E-state index contributed by atoms with van der Waals surface area (Å²) < 4.78 is 50.2. The molecule has 35 heavy (non-hydrogen) atoms. The standard InChI is InChI=1S/C27H25F3N2O3/c1-4-6-21-13-20(14-24(34-3)25(21)35-17-19-11-9-18(2)10-12-19)16-31-32-26(33)22-7-5-8-23(15-22)27(28,29)30/h4-5,7-16H,1,6,17H2,2-3H3,(H,32,33)/b31-16-. The fraction of sp³-hybridized carbons (Fsp3) is 0.185. The van der Waals surface area contributed by atoms with E-state index in [0.717, 1.165) is 28.8 Å². The summed E-state index contributed by atoms with van der Waals surface area (Å²) in [6.45, 7) is 6.15. The van der Waals surface area contributed by atoms with E-state index >= 15 is 0 Å². The number of amides is 1. The molecular weight excluding hydrogens is 457 g/mol. The van der Waals surface area contributed by atoms with Crippen LogP contribution in [0.2, 0.25) is 0 Å². The molecule has 3 aromatic rings. The lowest BCUT2D eigenvalue weighted by Crippen LogP contribution is -2.18. The van der Waals surface area contributed by atoms with E-state index in [2.05, 4.69) is 17.1 Å². The van der Waals surface area contributed by atoms with Gasteiger partial charge in [-0.2, -0.15) is 18.3 Å². The summed E-state index contributed by atoms with van der Waals surface area (Å²) in [5.74, 6) is 0.281. The van der Waals surface area contributed by atoms with Gasteiger partial charge in [0.05, 0.1) is 18.9 Å².